The first-order chi connectivity index (χ1) is 13.2. The summed E-state index contributed by atoms with van der Waals surface area (Å²) in [7, 11) is 0. The van der Waals surface area contributed by atoms with Gasteiger partial charge in [-0.25, -0.2) is 14.4 Å². The average Bonchev–Trinajstić information content (AvgIpc) is 2.97. The number of allylic oxidation sites excluding steroid dienone is 1. The Kier molecular flexibility index (Phi) is 4.87. The van der Waals surface area contributed by atoms with Crippen LogP contribution >= 0.6 is 0 Å². The second-order valence-electron chi connectivity index (χ2n) is 6.56. The SMILES string of the molecule is O=C(O)C1=C/C(=C\CN2c3cc(O)c(O)cc3C[C@H]2C(=O)O)C[C@@H](C(=O)O)N1. The van der Waals surface area contributed by atoms with Crippen LogP contribution in [0, 0.1) is 0 Å². The highest BCUT2D eigenvalue weighted by Gasteiger charge is 2.35. The zero-order valence-corrected chi connectivity index (χ0v) is 14.5. The third-order valence-electron chi connectivity index (χ3n) is 4.74. The zero-order chi connectivity index (χ0) is 20.6. The number of carboxylic acids is 3. The first-order valence-corrected chi connectivity index (χ1v) is 8.35. The Balaban J connectivity index is 1.92. The van der Waals surface area contributed by atoms with Crippen molar-refractivity contribution in [2.75, 3.05) is 11.4 Å². The van der Waals surface area contributed by atoms with Crippen molar-refractivity contribution in [2.45, 2.75) is 24.9 Å². The van der Waals surface area contributed by atoms with Crippen molar-refractivity contribution in [3.8, 4) is 11.5 Å². The van der Waals surface area contributed by atoms with Crippen molar-refractivity contribution in [2.24, 2.45) is 0 Å². The van der Waals surface area contributed by atoms with E-state index in [0.717, 1.165) is 0 Å². The van der Waals surface area contributed by atoms with E-state index in [4.69, 9.17) is 5.11 Å². The van der Waals surface area contributed by atoms with E-state index in [-0.39, 0.29) is 36.6 Å². The Labute approximate surface area is 158 Å². The number of benzene rings is 1. The molecule has 2 aliphatic heterocycles. The minimum atomic E-state index is -1.30. The maximum Gasteiger partial charge on any atom is 0.351 e. The highest BCUT2D eigenvalue weighted by atomic mass is 16.4. The van der Waals surface area contributed by atoms with Crippen LogP contribution in [0.15, 0.2) is 35.6 Å². The van der Waals surface area contributed by atoms with Gasteiger partial charge in [0.05, 0.1) is 0 Å². The monoisotopic (exact) mass is 390 g/mol. The van der Waals surface area contributed by atoms with Crippen molar-refractivity contribution >= 4 is 23.6 Å². The molecule has 2 aliphatic rings. The van der Waals surface area contributed by atoms with E-state index in [1.54, 1.807) is 6.08 Å². The molecule has 0 aliphatic carbocycles. The quantitative estimate of drug-likeness (QED) is 0.384. The molecule has 0 saturated carbocycles. The first kappa shape index (κ1) is 19.1. The number of aromatic hydroxyl groups is 2. The molecule has 0 fully saturated rings. The first-order valence-electron chi connectivity index (χ1n) is 8.35. The molecule has 0 saturated heterocycles. The molecule has 0 amide bonds. The van der Waals surface area contributed by atoms with Crippen LogP contribution in [0.4, 0.5) is 5.69 Å². The molecule has 0 radical (unpaired) electrons. The average molecular weight is 390 g/mol. The van der Waals surface area contributed by atoms with Crippen LogP contribution in [0.2, 0.25) is 0 Å². The van der Waals surface area contributed by atoms with Crippen LogP contribution in [0.5, 0.6) is 11.5 Å². The molecule has 0 spiro atoms. The minimum absolute atomic E-state index is 0.0331. The highest BCUT2D eigenvalue weighted by Crippen LogP contribution is 2.39. The lowest BCUT2D eigenvalue weighted by Crippen LogP contribution is -2.41. The van der Waals surface area contributed by atoms with E-state index < -0.39 is 30.0 Å². The number of carbonyl (C=O) groups is 3. The number of nitrogens with one attached hydrogen (secondary N) is 1. The predicted octanol–water partition coefficient (Wildman–Crippen LogP) is 0.255. The van der Waals surface area contributed by atoms with Gasteiger partial charge in [-0.15, -0.1) is 0 Å². The summed E-state index contributed by atoms with van der Waals surface area (Å²) >= 11 is 0. The normalized spacial score (nSPS) is 22.4. The minimum Gasteiger partial charge on any atom is -0.504 e. The number of carboxylic acid groups (broad SMARTS) is 3. The van der Waals surface area contributed by atoms with E-state index in [1.165, 1.54) is 23.1 Å². The van der Waals surface area contributed by atoms with Gasteiger partial charge in [0.2, 0.25) is 0 Å². The molecular weight excluding hydrogens is 372 g/mol. The smallest absolute Gasteiger partial charge is 0.351 e. The van der Waals surface area contributed by atoms with Crippen molar-refractivity contribution in [3.05, 3.63) is 41.1 Å². The zero-order valence-electron chi connectivity index (χ0n) is 14.5. The lowest BCUT2D eigenvalue weighted by atomic mass is 9.99. The molecule has 0 aromatic heterocycles. The third kappa shape index (κ3) is 3.56. The second kappa shape index (κ2) is 7.14. The van der Waals surface area contributed by atoms with Crippen molar-refractivity contribution < 1.29 is 39.9 Å². The summed E-state index contributed by atoms with van der Waals surface area (Å²) in [4.78, 5) is 35.6. The number of aliphatic carboxylic acids is 3. The van der Waals surface area contributed by atoms with Crippen LogP contribution in [-0.4, -0.2) is 62.1 Å². The predicted molar refractivity (Wildman–Crippen MR) is 95.2 cm³/mol. The number of nitrogens with zero attached hydrogens (tertiary/aromatic N) is 1. The van der Waals surface area contributed by atoms with E-state index >= 15 is 0 Å². The molecule has 3 rings (SSSR count). The fourth-order valence-electron chi connectivity index (χ4n) is 3.36. The van der Waals surface area contributed by atoms with Gasteiger partial charge in [-0.2, -0.15) is 0 Å². The molecule has 10 nitrogen and oxygen atoms in total. The maximum atomic E-state index is 11.6. The van der Waals surface area contributed by atoms with E-state index in [2.05, 4.69) is 5.32 Å². The number of fused-ring (bicyclic) bond motifs is 1. The highest BCUT2D eigenvalue weighted by molar-refractivity contribution is 5.89. The largest absolute Gasteiger partial charge is 0.504 e. The summed E-state index contributed by atoms with van der Waals surface area (Å²) in [6.45, 7) is 0.0548. The third-order valence-corrected chi connectivity index (χ3v) is 4.74. The van der Waals surface area contributed by atoms with Crippen LogP contribution in [0.25, 0.3) is 0 Å². The standard InChI is InChI=1S/C18H18N2O8/c21-14-6-9-5-13(18(27)28)20(12(9)7-15(14)22)2-1-8-3-10(16(23)24)19-11(4-8)17(25)26/h1,3,6-7,11,13,19,21-22H,2,4-5H2,(H,23,24)(H,25,26)(H,27,28)/b8-1+/t11-,13-/m0/s1. The number of hydrogen-bond donors (Lipinski definition) is 6. The van der Waals surface area contributed by atoms with Crippen LogP contribution in [0.1, 0.15) is 12.0 Å². The Hall–Kier alpha value is -3.69. The molecule has 6 N–H and O–H groups in total. The Morgan fingerprint density at radius 1 is 1.07 bits per heavy atom. The topological polar surface area (TPSA) is 168 Å². The fourth-order valence-corrected chi connectivity index (χ4v) is 3.36. The number of anilines is 1. The Bertz CT molecular complexity index is 920. The van der Waals surface area contributed by atoms with Gasteiger partial charge < -0.3 is 35.7 Å². The van der Waals surface area contributed by atoms with Crippen molar-refractivity contribution in [1.29, 1.82) is 0 Å². The number of hydrogen-bond acceptors (Lipinski definition) is 7. The summed E-state index contributed by atoms with van der Waals surface area (Å²) in [5, 5.41) is 49.6. The number of phenolic OH excluding ortho intramolecular Hbond substituents is 2. The van der Waals surface area contributed by atoms with Gasteiger partial charge in [-0.3, -0.25) is 0 Å². The van der Waals surface area contributed by atoms with Crippen molar-refractivity contribution in [3.63, 3.8) is 0 Å². The van der Waals surface area contributed by atoms with E-state index in [9.17, 15) is 34.8 Å². The molecule has 148 valence electrons. The number of rotatable bonds is 5. The van der Waals surface area contributed by atoms with Gasteiger partial charge in [-0.05, 0) is 23.3 Å². The molecule has 0 bridgehead atoms. The molecule has 10 heteroatoms. The fraction of sp³-hybridized carbons (Fsp3) is 0.278. The van der Waals surface area contributed by atoms with Gasteiger partial charge in [0, 0.05) is 31.1 Å². The molecule has 28 heavy (non-hydrogen) atoms. The molecule has 2 heterocycles. The summed E-state index contributed by atoms with van der Waals surface area (Å²) in [5.74, 6) is -4.33. The molecule has 1 aromatic rings. The van der Waals surface area contributed by atoms with Gasteiger partial charge in [-0.1, -0.05) is 6.08 Å². The molecule has 2 atom stereocenters. The van der Waals surface area contributed by atoms with Crippen LogP contribution in [-0.2, 0) is 20.8 Å². The van der Waals surface area contributed by atoms with Gasteiger partial charge >= 0.3 is 17.9 Å². The second-order valence-corrected chi connectivity index (χ2v) is 6.56. The van der Waals surface area contributed by atoms with Gasteiger partial charge in [0.25, 0.3) is 0 Å². The maximum absolute atomic E-state index is 11.6. The number of phenols is 2. The lowest BCUT2D eigenvalue weighted by Gasteiger charge is -2.25. The van der Waals surface area contributed by atoms with Gasteiger partial charge in [0.1, 0.15) is 17.8 Å². The van der Waals surface area contributed by atoms with Gasteiger partial charge in [0.15, 0.2) is 11.5 Å². The van der Waals surface area contributed by atoms with E-state index in [0.29, 0.717) is 16.8 Å². The van der Waals surface area contributed by atoms with Crippen molar-refractivity contribution in [1.82, 2.24) is 5.32 Å². The molecule has 0 unspecified atom stereocenters. The summed E-state index contributed by atoms with van der Waals surface area (Å²) in [6, 6.07) is 0.534. The van der Waals surface area contributed by atoms with Crippen LogP contribution < -0.4 is 10.2 Å². The summed E-state index contributed by atoms with van der Waals surface area (Å²) < 4.78 is 0. The lowest BCUT2D eigenvalue weighted by molar-refractivity contribution is -0.140. The van der Waals surface area contributed by atoms with Crippen LogP contribution in [0.3, 0.4) is 0 Å². The Morgan fingerprint density at radius 2 is 1.75 bits per heavy atom. The molecule has 1 aromatic carbocycles. The summed E-state index contributed by atoms with van der Waals surface area (Å²) in [6.07, 6.45) is 3.03. The summed E-state index contributed by atoms with van der Waals surface area (Å²) in [5.41, 5.74) is 1.16. The molecular formula is C18H18N2O8. The Morgan fingerprint density at radius 3 is 2.36 bits per heavy atom. The van der Waals surface area contributed by atoms with E-state index in [1.807, 2.05) is 0 Å².